The summed E-state index contributed by atoms with van der Waals surface area (Å²) >= 11 is 7.88. The molecule has 1 saturated carbocycles. The molecule has 20 heteroatoms. The van der Waals surface area contributed by atoms with Gasteiger partial charge in [0, 0.05) is 71.2 Å². The standard InChI is InChI=1S/C50H61ClFN11O6S/c1-29-31(3)70-50-43(29)44(34-11-13-36(51)14-12-34)56-38(46-59-58-32(4)63(46)50)27-41(64)54-17-23-69-24-18-55-42(65)28-62-39-16-15-37(52)25-35(39)26-40(62)48(67)60-19-21-61(22-20-60)49(68)45(33-9-7-6-8-10-33)57-47(66)30(2)53-5/h11-16,25-26,30,33,38,45,53H,6-10,17-24,27-28H2,1-5H3,(H,54,64)(H,55,65)(H,57,66)/t30-,38-,45-/m0/s1. The van der Waals surface area contributed by atoms with E-state index in [4.69, 9.17) is 21.3 Å². The third-order valence-electron chi connectivity index (χ3n) is 13.6. The Morgan fingerprint density at radius 3 is 2.27 bits per heavy atom. The van der Waals surface area contributed by atoms with Crippen LogP contribution in [0.3, 0.4) is 0 Å². The van der Waals surface area contributed by atoms with Gasteiger partial charge in [0.2, 0.25) is 23.6 Å². The molecular formula is C50H61ClFN11O6S. The van der Waals surface area contributed by atoms with E-state index in [-0.39, 0.29) is 107 Å². The van der Waals surface area contributed by atoms with Crippen molar-refractivity contribution in [2.75, 3.05) is 59.5 Å². The molecule has 2 aromatic carbocycles. The van der Waals surface area contributed by atoms with Crippen molar-refractivity contribution in [2.24, 2.45) is 10.9 Å². The minimum absolute atomic E-state index is 0.0257. The summed E-state index contributed by atoms with van der Waals surface area (Å²) < 4.78 is 23.8. The molecule has 17 nitrogen and oxygen atoms in total. The highest BCUT2D eigenvalue weighted by Gasteiger charge is 2.37. The highest BCUT2D eigenvalue weighted by molar-refractivity contribution is 7.15. The largest absolute Gasteiger partial charge is 0.378 e. The Labute approximate surface area is 415 Å². The van der Waals surface area contributed by atoms with Gasteiger partial charge in [0.15, 0.2) is 5.82 Å². The average Bonchev–Trinajstić information content (AvgIpc) is 3.99. The van der Waals surface area contributed by atoms with Gasteiger partial charge in [-0.1, -0.05) is 43.0 Å². The lowest BCUT2D eigenvalue weighted by atomic mass is 9.83. The number of likely N-dealkylation sites (N-methyl/N-ethyl adjacent to an activating group) is 1. The van der Waals surface area contributed by atoms with Crippen molar-refractivity contribution < 1.29 is 33.1 Å². The molecule has 0 radical (unpaired) electrons. The summed E-state index contributed by atoms with van der Waals surface area (Å²) in [6, 6.07) is 11.6. The van der Waals surface area contributed by atoms with Crippen LogP contribution in [0.5, 0.6) is 0 Å². The number of carbonyl (C=O) groups is 5. The molecule has 5 amide bonds. The molecule has 1 aliphatic carbocycles. The molecule has 70 heavy (non-hydrogen) atoms. The number of rotatable bonds is 17. The molecule has 8 rings (SSSR count). The van der Waals surface area contributed by atoms with Gasteiger partial charge in [0.25, 0.3) is 5.91 Å². The first-order valence-electron chi connectivity index (χ1n) is 24.0. The van der Waals surface area contributed by atoms with E-state index in [2.05, 4.69) is 45.3 Å². The molecule has 2 fully saturated rings. The Hall–Kier alpha value is -6.02. The number of benzene rings is 2. The van der Waals surface area contributed by atoms with Crippen molar-refractivity contribution in [1.82, 2.24) is 50.4 Å². The SMILES string of the molecule is CN[C@@H](C)C(=O)N[C@H](C(=O)N1CCN(C(=O)c2cc3cc(F)ccc3n2CC(=O)NCCOCCNC(=O)C[C@@H]2N=C(c3ccc(Cl)cc3)c3c(sc(C)c3C)-n3c(C)nnc32)CC1)C1CCCCC1. The average molecular weight is 999 g/mol. The Morgan fingerprint density at radius 1 is 0.886 bits per heavy atom. The zero-order chi connectivity index (χ0) is 49.6. The van der Waals surface area contributed by atoms with Crippen molar-refractivity contribution in [1.29, 1.82) is 0 Å². The summed E-state index contributed by atoms with van der Waals surface area (Å²) in [6.45, 7) is 9.38. The van der Waals surface area contributed by atoms with E-state index in [0.29, 0.717) is 27.6 Å². The Morgan fingerprint density at radius 2 is 1.57 bits per heavy atom. The number of aliphatic imine (C=N–C) groups is 1. The predicted molar refractivity (Wildman–Crippen MR) is 266 cm³/mol. The number of halogens is 2. The minimum Gasteiger partial charge on any atom is -0.378 e. The number of hydrogen-bond donors (Lipinski definition) is 4. The van der Waals surface area contributed by atoms with Gasteiger partial charge in [-0.2, -0.15) is 0 Å². The van der Waals surface area contributed by atoms with E-state index in [9.17, 15) is 28.4 Å². The van der Waals surface area contributed by atoms with Gasteiger partial charge in [-0.15, -0.1) is 21.5 Å². The van der Waals surface area contributed by atoms with Crippen LogP contribution in [0.1, 0.15) is 95.2 Å². The smallest absolute Gasteiger partial charge is 0.270 e. The van der Waals surface area contributed by atoms with Crippen molar-refractivity contribution in [3.8, 4) is 5.00 Å². The second-order valence-electron chi connectivity index (χ2n) is 18.3. The molecule has 5 aromatic rings. The number of hydrogen-bond acceptors (Lipinski definition) is 11. The number of ether oxygens (including phenoxy) is 1. The number of fused-ring (bicyclic) bond motifs is 4. The topological polar surface area (TPSA) is 197 Å². The van der Waals surface area contributed by atoms with Gasteiger partial charge in [0.1, 0.15) is 41.0 Å². The van der Waals surface area contributed by atoms with E-state index in [0.717, 1.165) is 64.4 Å². The first kappa shape index (κ1) is 50.4. The molecular weight excluding hydrogens is 937 g/mol. The quantitative estimate of drug-likeness (QED) is 0.0907. The number of amides is 5. The lowest BCUT2D eigenvalue weighted by Crippen LogP contribution is -2.59. The number of nitrogens with one attached hydrogen (secondary N) is 4. The van der Waals surface area contributed by atoms with Crippen LogP contribution in [0, 0.1) is 32.5 Å². The maximum Gasteiger partial charge on any atom is 0.270 e. The third kappa shape index (κ3) is 11.1. The van der Waals surface area contributed by atoms with Crippen LogP contribution < -0.4 is 21.3 Å². The second kappa shape index (κ2) is 22.4. The van der Waals surface area contributed by atoms with E-state index in [1.807, 2.05) is 35.8 Å². The molecule has 3 atom stereocenters. The monoisotopic (exact) mass is 997 g/mol. The summed E-state index contributed by atoms with van der Waals surface area (Å²) in [5.74, 6) is -0.470. The lowest BCUT2D eigenvalue weighted by molar-refractivity contribution is -0.140. The number of aryl methyl sites for hydroxylation is 2. The van der Waals surface area contributed by atoms with Crippen LogP contribution in [0.2, 0.25) is 5.02 Å². The van der Waals surface area contributed by atoms with Gasteiger partial charge >= 0.3 is 0 Å². The highest BCUT2D eigenvalue weighted by Crippen LogP contribution is 2.40. The van der Waals surface area contributed by atoms with E-state index < -0.39 is 23.9 Å². The van der Waals surface area contributed by atoms with Crippen LogP contribution in [0.4, 0.5) is 4.39 Å². The van der Waals surface area contributed by atoms with Crippen molar-refractivity contribution in [2.45, 2.75) is 90.9 Å². The zero-order valence-corrected chi connectivity index (χ0v) is 41.9. The maximum atomic E-state index is 14.4. The fourth-order valence-electron chi connectivity index (χ4n) is 9.54. The lowest BCUT2D eigenvalue weighted by Gasteiger charge is -2.39. The molecule has 3 aliphatic rings. The number of nitrogens with zero attached hydrogens (tertiary/aromatic N) is 7. The number of aromatic nitrogens is 4. The second-order valence-corrected chi connectivity index (χ2v) is 19.9. The number of carbonyl (C=O) groups excluding carboxylic acids is 5. The van der Waals surface area contributed by atoms with Crippen molar-refractivity contribution in [3.05, 3.63) is 98.3 Å². The van der Waals surface area contributed by atoms with Crippen LogP contribution in [-0.2, 0) is 30.5 Å². The summed E-state index contributed by atoms with van der Waals surface area (Å²) in [6.07, 6.45) is 4.89. The molecule has 3 aromatic heterocycles. The third-order valence-corrected chi connectivity index (χ3v) is 15.1. The minimum atomic E-state index is -0.638. The first-order chi connectivity index (χ1) is 33.7. The van der Waals surface area contributed by atoms with Crippen LogP contribution in [-0.4, -0.2) is 136 Å². The Bertz CT molecular complexity index is 2770. The van der Waals surface area contributed by atoms with Crippen LogP contribution in [0.25, 0.3) is 15.9 Å². The Balaban J connectivity index is 0.830. The molecule has 372 valence electrons. The fourth-order valence-corrected chi connectivity index (χ4v) is 10.9. The van der Waals surface area contributed by atoms with Crippen molar-refractivity contribution >= 4 is 69.1 Å². The molecule has 5 heterocycles. The molecule has 1 saturated heterocycles. The normalized spacial score (nSPS) is 17.0. The number of piperazine rings is 1. The zero-order valence-electron chi connectivity index (χ0n) is 40.3. The molecule has 0 spiro atoms. The molecule has 0 unspecified atom stereocenters. The molecule has 0 bridgehead atoms. The van der Waals surface area contributed by atoms with Gasteiger partial charge in [0.05, 0.1) is 31.4 Å². The van der Waals surface area contributed by atoms with Crippen LogP contribution >= 0.6 is 22.9 Å². The van der Waals surface area contributed by atoms with E-state index in [1.54, 1.807) is 51.8 Å². The maximum absolute atomic E-state index is 14.4. The van der Waals surface area contributed by atoms with Gasteiger partial charge < -0.3 is 40.4 Å². The highest BCUT2D eigenvalue weighted by atomic mass is 35.5. The van der Waals surface area contributed by atoms with Gasteiger partial charge in [-0.05, 0) is 95.5 Å². The summed E-state index contributed by atoms with van der Waals surface area (Å²) in [5, 5.41) is 22.6. The predicted octanol–water partition coefficient (Wildman–Crippen LogP) is 5.19. The molecule has 2 aliphatic heterocycles. The van der Waals surface area contributed by atoms with E-state index in [1.165, 1.54) is 12.1 Å². The van der Waals surface area contributed by atoms with Gasteiger partial charge in [-0.25, -0.2) is 4.39 Å². The molecule has 4 N–H and O–H groups in total. The first-order valence-corrected chi connectivity index (χ1v) is 25.2. The summed E-state index contributed by atoms with van der Waals surface area (Å²) in [7, 11) is 1.70. The van der Waals surface area contributed by atoms with Gasteiger partial charge in [-0.3, -0.25) is 33.5 Å². The van der Waals surface area contributed by atoms with E-state index >= 15 is 0 Å². The Kier molecular flexibility index (Phi) is 16.1. The summed E-state index contributed by atoms with van der Waals surface area (Å²) in [4.78, 5) is 77.5. The van der Waals surface area contributed by atoms with Crippen molar-refractivity contribution in [3.63, 3.8) is 0 Å². The summed E-state index contributed by atoms with van der Waals surface area (Å²) in [5.41, 5.74) is 4.46. The fraction of sp³-hybridized carbons (Fsp3) is 0.480. The van der Waals surface area contributed by atoms with Crippen LogP contribution in [0.15, 0.2) is 53.5 Å². The number of thiophene rings is 1.